The molecule has 3 heterocycles. The Morgan fingerprint density at radius 3 is 2.80 bits per heavy atom. The summed E-state index contributed by atoms with van der Waals surface area (Å²) in [7, 11) is 6.13. The Labute approximate surface area is 152 Å². The van der Waals surface area contributed by atoms with E-state index in [0.29, 0.717) is 17.9 Å². The summed E-state index contributed by atoms with van der Waals surface area (Å²) in [4.78, 5) is 4.96. The van der Waals surface area contributed by atoms with Crippen LogP contribution >= 0.6 is 0 Å². The molecule has 0 aliphatic carbocycles. The largest absolute Gasteiger partial charge is 0.496 e. The third kappa shape index (κ3) is 2.88. The molecule has 0 saturated carbocycles. The van der Waals surface area contributed by atoms with Gasteiger partial charge in [-0.25, -0.2) is 0 Å². The van der Waals surface area contributed by atoms with Crippen molar-refractivity contribution in [1.82, 2.24) is 9.80 Å². The third-order valence-electron chi connectivity index (χ3n) is 6.68. The Morgan fingerprint density at radius 1 is 1.28 bits per heavy atom. The normalized spacial score (nSPS) is 34.1. The SMILES string of the molecule is COc1cc(C)c(CN2C[C@@H]3[C@H](CN(C)C)[C@H]4CC[C@]3(C2)O4)cc1C. The monoisotopic (exact) mass is 344 g/mol. The zero-order chi connectivity index (χ0) is 17.8. The predicted octanol–water partition coefficient (Wildman–Crippen LogP) is 2.85. The van der Waals surface area contributed by atoms with Crippen LogP contribution in [0.1, 0.15) is 29.5 Å². The molecule has 3 aliphatic rings. The fourth-order valence-electron chi connectivity index (χ4n) is 5.55. The summed E-state index contributed by atoms with van der Waals surface area (Å²) in [5, 5.41) is 0. The van der Waals surface area contributed by atoms with Crippen LogP contribution in [-0.2, 0) is 11.3 Å². The van der Waals surface area contributed by atoms with Gasteiger partial charge >= 0.3 is 0 Å². The second kappa shape index (κ2) is 6.26. The average Bonchev–Trinajstić information content (AvgIpc) is 3.19. The van der Waals surface area contributed by atoms with E-state index in [-0.39, 0.29) is 5.60 Å². The van der Waals surface area contributed by atoms with E-state index in [2.05, 4.69) is 49.9 Å². The van der Waals surface area contributed by atoms with E-state index in [4.69, 9.17) is 9.47 Å². The number of likely N-dealkylation sites (tertiary alicyclic amines) is 1. The number of ether oxygens (including phenoxy) is 2. The summed E-state index contributed by atoms with van der Waals surface area (Å²) in [6, 6.07) is 4.48. The molecule has 3 saturated heterocycles. The smallest absolute Gasteiger partial charge is 0.122 e. The average molecular weight is 344 g/mol. The van der Waals surface area contributed by atoms with Crippen molar-refractivity contribution in [3.8, 4) is 5.75 Å². The van der Waals surface area contributed by atoms with E-state index in [0.717, 1.165) is 25.4 Å². The molecule has 4 rings (SSSR count). The first-order valence-corrected chi connectivity index (χ1v) is 9.61. The van der Waals surface area contributed by atoms with E-state index in [1.165, 1.54) is 36.1 Å². The van der Waals surface area contributed by atoms with Gasteiger partial charge in [-0.3, -0.25) is 4.90 Å². The first-order valence-electron chi connectivity index (χ1n) is 9.61. The van der Waals surface area contributed by atoms with Crippen LogP contribution in [0.3, 0.4) is 0 Å². The second-order valence-corrected chi connectivity index (χ2v) is 8.71. The minimum absolute atomic E-state index is 0.140. The number of nitrogens with zero attached hydrogens (tertiary/aromatic N) is 2. The Balaban J connectivity index is 1.51. The molecule has 4 nitrogen and oxygen atoms in total. The third-order valence-corrected chi connectivity index (χ3v) is 6.68. The summed E-state index contributed by atoms with van der Waals surface area (Å²) in [6.07, 6.45) is 3.01. The lowest BCUT2D eigenvalue weighted by molar-refractivity contribution is 0.00143. The van der Waals surface area contributed by atoms with Crippen LogP contribution in [0.2, 0.25) is 0 Å². The fourth-order valence-corrected chi connectivity index (χ4v) is 5.55. The highest BCUT2D eigenvalue weighted by atomic mass is 16.5. The summed E-state index contributed by atoms with van der Waals surface area (Å²) < 4.78 is 12.0. The summed E-state index contributed by atoms with van der Waals surface area (Å²) in [5.74, 6) is 2.40. The number of aryl methyl sites for hydroxylation is 2. The maximum absolute atomic E-state index is 6.57. The molecule has 4 heteroatoms. The van der Waals surface area contributed by atoms with Crippen molar-refractivity contribution in [3.05, 3.63) is 28.8 Å². The molecule has 1 aromatic rings. The van der Waals surface area contributed by atoms with Gasteiger partial charge in [0, 0.05) is 38.0 Å². The Kier molecular flexibility index (Phi) is 4.33. The quantitative estimate of drug-likeness (QED) is 0.820. The Morgan fingerprint density at radius 2 is 2.08 bits per heavy atom. The number of rotatable bonds is 5. The van der Waals surface area contributed by atoms with E-state index in [9.17, 15) is 0 Å². The van der Waals surface area contributed by atoms with E-state index in [1.54, 1.807) is 7.11 Å². The van der Waals surface area contributed by atoms with Crippen LogP contribution < -0.4 is 4.74 Å². The molecule has 3 fully saturated rings. The zero-order valence-corrected chi connectivity index (χ0v) is 16.3. The molecule has 0 unspecified atom stereocenters. The van der Waals surface area contributed by atoms with Gasteiger partial charge in [-0.1, -0.05) is 6.07 Å². The lowest BCUT2D eigenvalue weighted by Gasteiger charge is -2.31. The van der Waals surface area contributed by atoms with Crippen LogP contribution in [0.4, 0.5) is 0 Å². The van der Waals surface area contributed by atoms with Gasteiger partial charge in [-0.15, -0.1) is 0 Å². The highest BCUT2D eigenvalue weighted by Gasteiger charge is 2.62. The molecule has 0 amide bonds. The van der Waals surface area contributed by atoms with Crippen molar-refractivity contribution < 1.29 is 9.47 Å². The molecular formula is C21H32N2O2. The topological polar surface area (TPSA) is 24.9 Å². The summed E-state index contributed by atoms with van der Waals surface area (Å²) in [5.41, 5.74) is 4.12. The molecule has 25 heavy (non-hydrogen) atoms. The number of methoxy groups -OCH3 is 1. The van der Waals surface area contributed by atoms with Gasteiger partial charge in [0.1, 0.15) is 5.75 Å². The molecule has 0 aromatic heterocycles. The van der Waals surface area contributed by atoms with Crippen molar-refractivity contribution in [2.75, 3.05) is 40.8 Å². The van der Waals surface area contributed by atoms with Gasteiger partial charge in [0.2, 0.25) is 0 Å². The molecule has 3 aliphatic heterocycles. The Bertz CT molecular complexity index is 660. The fraction of sp³-hybridized carbons (Fsp3) is 0.714. The van der Waals surface area contributed by atoms with Gasteiger partial charge in [-0.05, 0) is 63.5 Å². The minimum atomic E-state index is 0.140. The van der Waals surface area contributed by atoms with Gasteiger partial charge in [-0.2, -0.15) is 0 Å². The lowest BCUT2D eigenvalue weighted by Crippen LogP contribution is -2.40. The van der Waals surface area contributed by atoms with E-state index < -0.39 is 0 Å². The van der Waals surface area contributed by atoms with Crippen molar-refractivity contribution in [1.29, 1.82) is 0 Å². The molecule has 1 spiro atoms. The standard InChI is InChI=1S/C21H32N2O2/c1-14-9-20(24-5)15(2)8-16(14)10-23-12-18-17(11-22(3)4)19-6-7-21(18,13-23)25-19/h8-9,17-19H,6-7,10-13H2,1-5H3/t17-,18+,19+,21+/m0/s1. The highest BCUT2D eigenvalue weighted by Crippen LogP contribution is 2.55. The van der Waals surface area contributed by atoms with E-state index in [1.807, 2.05) is 0 Å². The lowest BCUT2D eigenvalue weighted by atomic mass is 9.73. The van der Waals surface area contributed by atoms with Crippen LogP contribution in [0.5, 0.6) is 5.75 Å². The summed E-state index contributed by atoms with van der Waals surface area (Å²) >= 11 is 0. The number of fused-ring (bicyclic) bond motifs is 1. The van der Waals surface area contributed by atoms with E-state index >= 15 is 0 Å². The molecule has 0 N–H and O–H groups in total. The van der Waals surface area contributed by atoms with Gasteiger partial charge in [0.25, 0.3) is 0 Å². The number of benzene rings is 1. The molecule has 2 bridgehead atoms. The van der Waals surface area contributed by atoms with Gasteiger partial charge < -0.3 is 14.4 Å². The second-order valence-electron chi connectivity index (χ2n) is 8.71. The molecular weight excluding hydrogens is 312 g/mol. The highest BCUT2D eigenvalue weighted by molar-refractivity contribution is 5.41. The van der Waals surface area contributed by atoms with Crippen LogP contribution in [0, 0.1) is 25.7 Å². The maximum Gasteiger partial charge on any atom is 0.122 e. The van der Waals surface area contributed by atoms with Crippen LogP contribution in [0.15, 0.2) is 12.1 Å². The molecule has 1 aromatic carbocycles. The maximum atomic E-state index is 6.57. The predicted molar refractivity (Wildman–Crippen MR) is 100 cm³/mol. The molecule has 4 atom stereocenters. The summed E-state index contributed by atoms with van der Waals surface area (Å²) in [6.45, 7) is 8.80. The molecule has 0 radical (unpaired) electrons. The molecule has 138 valence electrons. The van der Waals surface area contributed by atoms with Crippen LogP contribution in [0.25, 0.3) is 0 Å². The zero-order valence-electron chi connectivity index (χ0n) is 16.3. The van der Waals surface area contributed by atoms with Crippen molar-refractivity contribution in [2.45, 2.75) is 44.9 Å². The number of hydrogen-bond donors (Lipinski definition) is 0. The van der Waals surface area contributed by atoms with Gasteiger partial charge in [0.05, 0.1) is 18.8 Å². The Hall–Kier alpha value is -1.10. The van der Waals surface area contributed by atoms with Crippen molar-refractivity contribution >= 4 is 0 Å². The van der Waals surface area contributed by atoms with Crippen LogP contribution in [-0.4, -0.2) is 62.3 Å². The van der Waals surface area contributed by atoms with Crippen molar-refractivity contribution in [2.24, 2.45) is 11.8 Å². The number of hydrogen-bond acceptors (Lipinski definition) is 4. The first-order chi connectivity index (χ1) is 11.9. The first kappa shape index (κ1) is 17.3. The minimum Gasteiger partial charge on any atom is -0.496 e. The van der Waals surface area contributed by atoms with Gasteiger partial charge in [0.15, 0.2) is 0 Å². The van der Waals surface area contributed by atoms with Crippen molar-refractivity contribution in [3.63, 3.8) is 0 Å².